The fourth-order valence-electron chi connectivity index (χ4n) is 3.72. The summed E-state index contributed by atoms with van der Waals surface area (Å²) in [6, 6.07) is 17.0. The molecule has 36 heavy (non-hydrogen) atoms. The molecular weight excluding hydrogens is 454 g/mol. The van der Waals surface area contributed by atoms with Gasteiger partial charge in [0.1, 0.15) is 18.2 Å². The van der Waals surface area contributed by atoms with Crippen LogP contribution in [0.1, 0.15) is 53.6 Å². The van der Waals surface area contributed by atoms with Crippen molar-refractivity contribution in [3.63, 3.8) is 0 Å². The number of amidine groups is 1. The van der Waals surface area contributed by atoms with Crippen molar-refractivity contribution in [1.29, 1.82) is 5.41 Å². The summed E-state index contributed by atoms with van der Waals surface area (Å²) in [7, 11) is 0. The lowest BCUT2D eigenvalue weighted by atomic mass is 10.1. The van der Waals surface area contributed by atoms with Crippen LogP contribution in [-0.4, -0.2) is 28.4 Å². The zero-order valence-corrected chi connectivity index (χ0v) is 20.7. The smallest absolute Gasteiger partial charge is 0.306 e. The molecule has 0 amide bonds. The number of ether oxygens (including phenoxy) is 1. The quantitative estimate of drug-likeness (QED) is 0.0982. The number of anilines is 1. The molecule has 8 heteroatoms. The molecule has 0 aliphatic rings. The van der Waals surface area contributed by atoms with Gasteiger partial charge in [0.2, 0.25) is 0 Å². The normalized spacial score (nSPS) is 10.7. The number of benzene rings is 2. The first-order chi connectivity index (χ1) is 17.4. The van der Waals surface area contributed by atoms with Crippen LogP contribution >= 0.6 is 0 Å². The van der Waals surface area contributed by atoms with Gasteiger partial charge in [-0.25, -0.2) is 0 Å². The highest BCUT2D eigenvalue weighted by atomic mass is 16.5. The van der Waals surface area contributed by atoms with Gasteiger partial charge in [0.15, 0.2) is 0 Å². The molecule has 1 heterocycles. The molecule has 6 N–H and O–H groups in total. The number of carbonyl (C=O) groups excluding carboxylic acids is 1. The molecule has 0 fully saturated rings. The van der Waals surface area contributed by atoms with Gasteiger partial charge in [-0.2, -0.15) is 0 Å². The van der Waals surface area contributed by atoms with E-state index in [1.54, 1.807) is 25.3 Å². The molecule has 2 aromatic carbocycles. The number of aromatic nitrogens is 1. The maximum Gasteiger partial charge on any atom is 0.306 e. The number of aromatic hydroxyl groups is 1. The summed E-state index contributed by atoms with van der Waals surface area (Å²) in [5, 5.41) is 24.8. The van der Waals surface area contributed by atoms with E-state index in [1.165, 1.54) is 0 Å². The van der Waals surface area contributed by atoms with Crippen molar-refractivity contribution in [2.24, 2.45) is 5.73 Å². The summed E-state index contributed by atoms with van der Waals surface area (Å²) < 4.78 is 5.31. The Labute approximate surface area is 212 Å². The summed E-state index contributed by atoms with van der Waals surface area (Å²) in [6.07, 6.45) is 4.82. The van der Waals surface area contributed by atoms with E-state index in [0.717, 1.165) is 48.2 Å². The van der Waals surface area contributed by atoms with Crippen LogP contribution in [0, 0.1) is 12.3 Å². The Morgan fingerprint density at radius 1 is 1.06 bits per heavy atom. The van der Waals surface area contributed by atoms with Crippen LogP contribution in [0.15, 0.2) is 60.8 Å². The third-order valence-electron chi connectivity index (χ3n) is 5.89. The van der Waals surface area contributed by atoms with Gasteiger partial charge in [-0.3, -0.25) is 15.2 Å². The van der Waals surface area contributed by atoms with Crippen molar-refractivity contribution >= 4 is 17.5 Å². The van der Waals surface area contributed by atoms with Crippen molar-refractivity contribution in [3.8, 4) is 5.75 Å². The number of nitrogen functional groups attached to an aromatic ring is 1. The number of nitrogens with zero attached hydrogens (tertiary/aromatic N) is 1. The molecule has 0 radical (unpaired) electrons. The molecule has 0 bridgehead atoms. The lowest BCUT2D eigenvalue weighted by Gasteiger charge is -2.15. The molecule has 1 aromatic heterocycles. The molecule has 0 saturated heterocycles. The second kappa shape index (κ2) is 13.8. The Hall–Kier alpha value is -3.91. The highest BCUT2D eigenvalue weighted by Crippen LogP contribution is 2.24. The minimum atomic E-state index is -0.169. The lowest BCUT2D eigenvalue weighted by molar-refractivity contribution is -0.145. The SMILES string of the molecule is Cc1ncc(CNc2ccc(C(=N)N)cc2)c(CNCCCCCC(=O)OCc2ccccc2)c1O. The van der Waals surface area contributed by atoms with E-state index in [-0.39, 0.29) is 17.6 Å². The van der Waals surface area contributed by atoms with Gasteiger partial charge in [0.25, 0.3) is 0 Å². The molecular formula is C28H35N5O3. The molecule has 0 saturated carbocycles. The fraction of sp³-hybridized carbons (Fsp3) is 0.321. The molecule has 0 spiro atoms. The number of nitrogens with one attached hydrogen (secondary N) is 3. The largest absolute Gasteiger partial charge is 0.506 e. The van der Waals surface area contributed by atoms with E-state index in [1.807, 2.05) is 42.5 Å². The number of hydrogen-bond acceptors (Lipinski definition) is 7. The molecule has 0 atom stereocenters. The van der Waals surface area contributed by atoms with Crippen molar-refractivity contribution in [2.75, 3.05) is 11.9 Å². The van der Waals surface area contributed by atoms with Crippen LogP contribution in [0.25, 0.3) is 0 Å². The van der Waals surface area contributed by atoms with Crippen LogP contribution in [0.4, 0.5) is 5.69 Å². The monoisotopic (exact) mass is 489 g/mol. The second-order valence-corrected chi connectivity index (χ2v) is 8.67. The summed E-state index contributed by atoms with van der Waals surface area (Å²) in [4.78, 5) is 16.2. The standard InChI is InChI=1S/C28H35N5O3/c1-20-27(35)25(23(16-32-20)17-33-24-13-11-22(12-14-24)28(29)30)18-31-15-7-3-6-10-26(34)36-19-21-8-4-2-5-9-21/h2,4-5,8-9,11-14,16,31,33,35H,3,6-7,10,15,17-19H2,1H3,(H3,29,30). The Morgan fingerprint density at radius 2 is 1.81 bits per heavy atom. The average Bonchev–Trinajstić information content (AvgIpc) is 2.89. The van der Waals surface area contributed by atoms with Crippen molar-refractivity contribution in [3.05, 3.63) is 88.7 Å². The minimum Gasteiger partial charge on any atom is -0.506 e. The lowest BCUT2D eigenvalue weighted by Crippen LogP contribution is -2.17. The second-order valence-electron chi connectivity index (χ2n) is 8.67. The zero-order chi connectivity index (χ0) is 25.8. The van der Waals surface area contributed by atoms with Gasteiger partial charge < -0.3 is 26.2 Å². The van der Waals surface area contributed by atoms with Crippen molar-refractivity contribution < 1.29 is 14.6 Å². The van der Waals surface area contributed by atoms with E-state index < -0.39 is 0 Å². The number of unbranched alkanes of at least 4 members (excludes halogenated alkanes) is 2. The van der Waals surface area contributed by atoms with Crippen LogP contribution < -0.4 is 16.4 Å². The summed E-state index contributed by atoms with van der Waals surface area (Å²) in [6.45, 7) is 3.90. The molecule has 190 valence electrons. The van der Waals surface area contributed by atoms with E-state index >= 15 is 0 Å². The molecule has 3 aromatic rings. The van der Waals surface area contributed by atoms with E-state index in [4.69, 9.17) is 15.9 Å². The molecule has 0 unspecified atom stereocenters. The third kappa shape index (κ3) is 8.39. The first-order valence-electron chi connectivity index (χ1n) is 12.2. The van der Waals surface area contributed by atoms with Gasteiger partial charge in [-0.05, 0) is 61.7 Å². The van der Waals surface area contributed by atoms with Crippen molar-refractivity contribution in [1.82, 2.24) is 10.3 Å². The molecule has 3 rings (SSSR count). The highest BCUT2D eigenvalue weighted by molar-refractivity contribution is 5.95. The van der Waals surface area contributed by atoms with E-state index in [0.29, 0.717) is 37.4 Å². The number of rotatable bonds is 14. The predicted octanol–water partition coefficient (Wildman–Crippen LogP) is 4.39. The Balaban J connectivity index is 1.38. The number of carbonyl (C=O) groups is 1. The van der Waals surface area contributed by atoms with E-state index in [2.05, 4.69) is 15.6 Å². The summed E-state index contributed by atoms with van der Waals surface area (Å²) >= 11 is 0. The molecule has 0 aliphatic heterocycles. The van der Waals surface area contributed by atoms with Crippen LogP contribution in [0.5, 0.6) is 5.75 Å². The van der Waals surface area contributed by atoms with Gasteiger partial charge in [-0.1, -0.05) is 36.8 Å². The zero-order valence-electron chi connectivity index (χ0n) is 20.7. The number of esters is 1. The van der Waals surface area contributed by atoms with Gasteiger partial charge in [0.05, 0.1) is 5.69 Å². The molecule has 0 aliphatic carbocycles. The fourth-order valence-corrected chi connectivity index (χ4v) is 3.72. The van der Waals surface area contributed by atoms with Gasteiger partial charge in [-0.15, -0.1) is 0 Å². The summed E-state index contributed by atoms with van der Waals surface area (Å²) in [5.41, 5.74) is 10.4. The number of pyridine rings is 1. The van der Waals surface area contributed by atoms with Crippen LogP contribution in [-0.2, 0) is 29.2 Å². The van der Waals surface area contributed by atoms with E-state index in [9.17, 15) is 9.90 Å². The Kier molecular flexibility index (Phi) is 10.3. The Bertz CT molecular complexity index is 1130. The van der Waals surface area contributed by atoms with Crippen molar-refractivity contribution in [2.45, 2.75) is 52.3 Å². The third-order valence-corrected chi connectivity index (χ3v) is 5.89. The predicted molar refractivity (Wildman–Crippen MR) is 142 cm³/mol. The highest BCUT2D eigenvalue weighted by Gasteiger charge is 2.12. The topological polar surface area (TPSA) is 133 Å². The first-order valence-corrected chi connectivity index (χ1v) is 12.2. The number of hydrogen-bond donors (Lipinski definition) is 5. The summed E-state index contributed by atoms with van der Waals surface area (Å²) in [5.74, 6) is 0.0671. The molecule has 8 nitrogen and oxygen atoms in total. The minimum absolute atomic E-state index is 0.0329. The maximum atomic E-state index is 11.9. The van der Waals surface area contributed by atoms with Gasteiger partial charge >= 0.3 is 5.97 Å². The van der Waals surface area contributed by atoms with Gasteiger partial charge in [0, 0.05) is 42.5 Å². The Morgan fingerprint density at radius 3 is 2.53 bits per heavy atom. The van der Waals surface area contributed by atoms with Crippen LogP contribution in [0.3, 0.4) is 0 Å². The average molecular weight is 490 g/mol. The first kappa shape index (κ1) is 26.7. The van der Waals surface area contributed by atoms with Crippen LogP contribution in [0.2, 0.25) is 0 Å². The number of aryl methyl sites for hydroxylation is 1. The maximum absolute atomic E-state index is 11.9. The number of nitrogens with two attached hydrogens (primary N) is 1.